The van der Waals surface area contributed by atoms with Gasteiger partial charge in [0.05, 0.1) is 12.2 Å². The summed E-state index contributed by atoms with van der Waals surface area (Å²) >= 11 is 0. The van der Waals surface area contributed by atoms with Crippen molar-refractivity contribution in [3.8, 4) is 23.0 Å². The summed E-state index contributed by atoms with van der Waals surface area (Å²) in [6, 6.07) is 5.49. The largest absolute Gasteiger partial charge is 0.341 e. The molecule has 1 aromatic carbocycles. The lowest BCUT2D eigenvalue weighted by Crippen LogP contribution is -2.54. The van der Waals surface area contributed by atoms with E-state index in [-0.39, 0.29) is 30.7 Å². The molecule has 1 saturated carbocycles. The number of anilines is 1. The van der Waals surface area contributed by atoms with Crippen molar-refractivity contribution in [1.29, 1.82) is 0 Å². The third-order valence-electron chi connectivity index (χ3n) is 6.24. The molecule has 1 fully saturated rings. The SMILES string of the molecule is CC[C@@H]1c2nncn2-c2cnc(-n3ccnc3-c3cccc(F)c3)nc2N1C1CC(F)(F)C1. The van der Waals surface area contributed by atoms with Crippen LogP contribution in [0.4, 0.5) is 19.0 Å². The molecule has 33 heavy (non-hydrogen) atoms. The van der Waals surface area contributed by atoms with Crippen molar-refractivity contribution in [1.82, 2.24) is 34.3 Å². The van der Waals surface area contributed by atoms with Crippen LogP contribution < -0.4 is 4.90 Å². The minimum atomic E-state index is -2.68. The molecule has 0 spiro atoms. The van der Waals surface area contributed by atoms with E-state index in [1.807, 2.05) is 16.4 Å². The maximum atomic E-state index is 13.8. The molecule has 0 amide bonds. The van der Waals surface area contributed by atoms with Gasteiger partial charge in [-0.2, -0.15) is 4.98 Å². The molecule has 8 nitrogen and oxygen atoms in total. The number of fused-ring (bicyclic) bond motifs is 3. The fourth-order valence-electron chi connectivity index (χ4n) is 4.70. The predicted octanol–water partition coefficient (Wildman–Crippen LogP) is 4.12. The van der Waals surface area contributed by atoms with E-state index in [4.69, 9.17) is 4.98 Å². The molecule has 0 N–H and O–H groups in total. The van der Waals surface area contributed by atoms with Gasteiger partial charge in [0.2, 0.25) is 5.95 Å². The highest BCUT2D eigenvalue weighted by atomic mass is 19.3. The van der Waals surface area contributed by atoms with Gasteiger partial charge in [-0.1, -0.05) is 19.1 Å². The van der Waals surface area contributed by atoms with Crippen LogP contribution in [0.5, 0.6) is 0 Å². The number of nitrogens with zero attached hydrogens (tertiary/aromatic N) is 8. The van der Waals surface area contributed by atoms with E-state index in [0.717, 1.165) is 0 Å². The summed E-state index contributed by atoms with van der Waals surface area (Å²) in [5.41, 5.74) is 1.20. The van der Waals surface area contributed by atoms with Gasteiger partial charge in [-0.3, -0.25) is 9.13 Å². The second kappa shape index (κ2) is 7.12. The molecule has 1 aliphatic carbocycles. The topological polar surface area (TPSA) is 77.5 Å². The molecule has 1 aliphatic heterocycles. The van der Waals surface area contributed by atoms with Gasteiger partial charge in [-0.15, -0.1) is 10.2 Å². The Bertz CT molecular complexity index is 1340. The van der Waals surface area contributed by atoms with Crippen molar-refractivity contribution in [3.05, 3.63) is 60.8 Å². The van der Waals surface area contributed by atoms with Crippen molar-refractivity contribution in [2.75, 3.05) is 4.90 Å². The Morgan fingerprint density at radius 2 is 2.00 bits per heavy atom. The Kier molecular flexibility index (Phi) is 4.29. The fraction of sp³-hybridized carbons (Fsp3) is 0.318. The first kappa shape index (κ1) is 19.9. The summed E-state index contributed by atoms with van der Waals surface area (Å²) in [4.78, 5) is 15.6. The molecular weight excluding hydrogens is 433 g/mol. The number of benzene rings is 1. The van der Waals surface area contributed by atoms with Crippen LogP contribution in [0.3, 0.4) is 0 Å². The van der Waals surface area contributed by atoms with Gasteiger partial charge < -0.3 is 4.90 Å². The Labute approximate surface area is 186 Å². The van der Waals surface area contributed by atoms with E-state index in [0.29, 0.717) is 41.1 Å². The van der Waals surface area contributed by atoms with Gasteiger partial charge in [-0.05, 0) is 18.6 Å². The van der Waals surface area contributed by atoms with E-state index in [1.54, 1.807) is 41.6 Å². The van der Waals surface area contributed by atoms with E-state index >= 15 is 0 Å². The Balaban J connectivity index is 1.49. The van der Waals surface area contributed by atoms with Crippen LogP contribution in [0.25, 0.3) is 23.0 Å². The number of alkyl halides is 2. The average Bonchev–Trinajstić information content (AvgIpc) is 3.46. The number of rotatable bonds is 4. The predicted molar refractivity (Wildman–Crippen MR) is 113 cm³/mol. The zero-order valence-corrected chi connectivity index (χ0v) is 17.6. The Morgan fingerprint density at radius 3 is 2.76 bits per heavy atom. The van der Waals surface area contributed by atoms with Gasteiger partial charge in [0.1, 0.15) is 23.7 Å². The monoisotopic (exact) mass is 452 g/mol. The second-order valence-corrected chi connectivity index (χ2v) is 8.32. The Morgan fingerprint density at radius 1 is 1.15 bits per heavy atom. The normalized spacial score (nSPS) is 19.2. The minimum absolute atomic E-state index is 0.240. The zero-order valence-electron chi connectivity index (χ0n) is 17.6. The highest BCUT2D eigenvalue weighted by molar-refractivity contribution is 5.64. The zero-order chi connectivity index (χ0) is 22.7. The lowest BCUT2D eigenvalue weighted by Gasteiger charge is -2.48. The van der Waals surface area contributed by atoms with Crippen molar-refractivity contribution >= 4 is 5.82 Å². The van der Waals surface area contributed by atoms with Crippen LogP contribution in [0.2, 0.25) is 0 Å². The highest BCUT2D eigenvalue weighted by Gasteiger charge is 2.51. The fourth-order valence-corrected chi connectivity index (χ4v) is 4.70. The average molecular weight is 452 g/mol. The van der Waals surface area contributed by atoms with Gasteiger partial charge >= 0.3 is 0 Å². The maximum Gasteiger partial charge on any atom is 0.252 e. The molecule has 6 rings (SSSR count). The van der Waals surface area contributed by atoms with Crippen LogP contribution in [0.15, 0.2) is 49.2 Å². The third kappa shape index (κ3) is 3.10. The summed E-state index contributed by atoms with van der Waals surface area (Å²) in [6.45, 7) is 1.98. The summed E-state index contributed by atoms with van der Waals surface area (Å²) in [7, 11) is 0. The number of hydrogen-bond acceptors (Lipinski definition) is 6. The summed E-state index contributed by atoms with van der Waals surface area (Å²) in [5, 5.41) is 8.28. The van der Waals surface area contributed by atoms with Crippen molar-refractivity contribution in [2.45, 2.75) is 44.2 Å². The van der Waals surface area contributed by atoms with Crippen LogP contribution >= 0.6 is 0 Å². The molecular formula is C22H19F3N8. The minimum Gasteiger partial charge on any atom is -0.341 e. The number of halogens is 3. The molecule has 4 aromatic rings. The molecule has 4 heterocycles. The summed E-state index contributed by atoms with van der Waals surface area (Å²) < 4.78 is 44.9. The van der Waals surface area contributed by atoms with Crippen molar-refractivity contribution in [2.24, 2.45) is 0 Å². The number of aromatic nitrogens is 7. The molecule has 0 saturated heterocycles. The molecule has 3 aromatic heterocycles. The van der Waals surface area contributed by atoms with E-state index in [9.17, 15) is 13.2 Å². The maximum absolute atomic E-state index is 13.8. The van der Waals surface area contributed by atoms with E-state index in [2.05, 4.69) is 20.2 Å². The first-order chi connectivity index (χ1) is 15.9. The van der Waals surface area contributed by atoms with E-state index in [1.165, 1.54) is 12.1 Å². The summed E-state index contributed by atoms with van der Waals surface area (Å²) in [5.74, 6) is -1.05. The van der Waals surface area contributed by atoms with Crippen molar-refractivity contribution in [3.63, 3.8) is 0 Å². The van der Waals surface area contributed by atoms with Crippen LogP contribution in [0, 0.1) is 5.82 Å². The van der Waals surface area contributed by atoms with Crippen molar-refractivity contribution < 1.29 is 13.2 Å². The first-order valence-electron chi connectivity index (χ1n) is 10.7. The first-order valence-corrected chi connectivity index (χ1v) is 10.7. The van der Waals surface area contributed by atoms with Crippen LogP contribution in [0.1, 0.15) is 38.1 Å². The third-order valence-corrected chi connectivity index (χ3v) is 6.24. The second-order valence-electron chi connectivity index (χ2n) is 8.32. The van der Waals surface area contributed by atoms with Gasteiger partial charge in [0.15, 0.2) is 11.6 Å². The molecule has 168 valence electrons. The van der Waals surface area contributed by atoms with Gasteiger partial charge in [-0.25, -0.2) is 23.1 Å². The highest BCUT2D eigenvalue weighted by Crippen LogP contribution is 2.48. The lowest BCUT2D eigenvalue weighted by molar-refractivity contribution is -0.0878. The number of hydrogen-bond donors (Lipinski definition) is 0. The molecule has 1 atom stereocenters. The molecule has 0 unspecified atom stereocenters. The summed E-state index contributed by atoms with van der Waals surface area (Å²) in [6.07, 6.45) is 6.66. The molecule has 0 radical (unpaired) electrons. The lowest BCUT2D eigenvalue weighted by atomic mass is 9.85. The van der Waals surface area contributed by atoms with Gasteiger partial charge in [0, 0.05) is 36.8 Å². The molecule has 2 aliphatic rings. The molecule has 0 bridgehead atoms. The van der Waals surface area contributed by atoms with Crippen LogP contribution in [-0.2, 0) is 0 Å². The van der Waals surface area contributed by atoms with E-state index < -0.39 is 5.92 Å². The smallest absolute Gasteiger partial charge is 0.252 e. The standard InChI is InChI=1S/C22H19F3N8/c1-2-16-20-30-28-12-32(20)17-11-27-21(29-19(17)33(16)15-9-22(24,25)10-15)31-7-6-26-18(31)13-4-3-5-14(23)8-13/h3-8,11-12,15-16H,2,9-10H2,1H3/t16-/m1/s1. The quantitative estimate of drug-likeness (QED) is 0.464. The Hall–Kier alpha value is -3.76. The van der Waals surface area contributed by atoms with Gasteiger partial charge in [0.25, 0.3) is 5.92 Å². The molecule has 11 heteroatoms. The number of imidazole rings is 1. The van der Waals surface area contributed by atoms with Crippen LogP contribution in [-0.4, -0.2) is 46.2 Å².